The molecule has 0 aliphatic carbocycles. The Morgan fingerprint density at radius 3 is 2.43 bits per heavy atom. The van der Waals surface area contributed by atoms with E-state index >= 15 is 0 Å². The molecule has 0 saturated heterocycles. The number of nitrogens with two attached hydrogens (primary N) is 1. The summed E-state index contributed by atoms with van der Waals surface area (Å²) in [4.78, 5) is 0.0808. The van der Waals surface area contributed by atoms with Gasteiger partial charge in [0.05, 0.1) is 4.90 Å². The van der Waals surface area contributed by atoms with Crippen LogP contribution in [0.3, 0.4) is 0 Å². The molecule has 1 aromatic rings. The van der Waals surface area contributed by atoms with Crippen LogP contribution in [0.4, 0.5) is 0 Å². The maximum absolute atomic E-state index is 11.5. The minimum atomic E-state index is -3.77. The number of benzene rings is 1. The Balaban J connectivity index is 2.92. The molecule has 14 heavy (non-hydrogen) atoms. The Hall–Kier alpha value is -1.17. The van der Waals surface area contributed by atoms with Crippen LogP contribution in [0.15, 0.2) is 47.9 Å². The van der Waals surface area contributed by atoms with Crippen molar-refractivity contribution in [2.24, 2.45) is 5.73 Å². The first kappa shape index (κ1) is 10.9. The van der Waals surface area contributed by atoms with Gasteiger partial charge in [-0.25, -0.2) is 4.18 Å². The standard InChI is InChI=1S/C9H11NO3S/c1-2-9(10)13-14(11,12)8-6-4-3-5-7-8/h2-7,9H,1,10H2. The second-order valence-corrected chi connectivity index (χ2v) is 4.14. The van der Waals surface area contributed by atoms with Gasteiger partial charge >= 0.3 is 0 Å². The van der Waals surface area contributed by atoms with Gasteiger partial charge in [0.15, 0.2) is 0 Å². The minimum absolute atomic E-state index is 0.0808. The predicted octanol–water partition coefficient (Wildman–Crippen LogP) is 0.863. The zero-order valence-electron chi connectivity index (χ0n) is 7.46. The highest BCUT2D eigenvalue weighted by atomic mass is 32.2. The van der Waals surface area contributed by atoms with Gasteiger partial charge < -0.3 is 5.73 Å². The summed E-state index contributed by atoms with van der Waals surface area (Å²) in [6.45, 7) is 3.32. The van der Waals surface area contributed by atoms with Gasteiger partial charge in [-0.1, -0.05) is 24.8 Å². The predicted molar refractivity (Wildman–Crippen MR) is 52.9 cm³/mol. The molecular weight excluding hydrogens is 202 g/mol. The topological polar surface area (TPSA) is 69.4 Å². The van der Waals surface area contributed by atoms with Crippen LogP contribution >= 0.6 is 0 Å². The van der Waals surface area contributed by atoms with E-state index in [9.17, 15) is 8.42 Å². The largest absolute Gasteiger partial charge is 0.302 e. The monoisotopic (exact) mass is 213 g/mol. The molecule has 0 heterocycles. The molecule has 0 fully saturated rings. The quantitative estimate of drug-likeness (QED) is 0.457. The number of hydrogen-bond donors (Lipinski definition) is 1. The van der Waals surface area contributed by atoms with Gasteiger partial charge in [0, 0.05) is 0 Å². The maximum atomic E-state index is 11.5. The van der Waals surface area contributed by atoms with E-state index < -0.39 is 16.3 Å². The zero-order valence-corrected chi connectivity index (χ0v) is 8.28. The first-order valence-corrected chi connectivity index (χ1v) is 5.33. The summed E-state index contributed by atoms with van der Waals surface area (Å²) in [5, 5.41) is 0. The average molecular weight is 213 g/mol. The molecule has 0 saturated carbocycles. The third-order valence-electron chi connectivity index (χ3n) is 1.50. The molecule has 0 aliphatic heterocycles. The second-order valence-electron chi connectivity index (χ2n) is 2.56. The molecule has 1 rings (SSSR count). The summed E-state index contributed by atoms with van der Waals surface area (Å²) in [6, 6.07) is 7.80. The van der Waals surface area contributed by atoms with Crippen LogP contribution in [-0.4, -0.2) is 14.6 Å². The fourth-order valence-corrected chi connectivity index (χ4v) is 1.80. The average Bonchev–Trinajstić information content (AvgIpc) is 2.18. The van der Waals surface area contributed by atoms with E-state index in [-0.39, 0.29) is 4.90 Å². The highest BCUT2D eigenvalue weighted by Crippen LogP contribution is 2.12. The van der Waals surface area contributed by atoms with Gasteiger partial charge in [-0.15, -0.1) is 0 Å². The Labute approximate surface area is 83.1 Å². The molecule has 76 valence electrons. The molecule has 2 N–H and O–H groups in total. The molecule has 0 radical (unpaired) electrons. The smallest absolute Gasteiger partial charge is 0.298 e. The van der Waals surface area contributed by atoms with Crippen molar-refractivity contribution in [1.29, 1.82) is 0 Å². The van der Waals surface area contributed by atoms with E-state index in [4.69, 9.17) is 5.73 Å². The third kappa shape index (κ3) is 2.66. The van der Waals surface area contributed by atoms with Crippen LogP contribution in [0.2, 0.25) is 0 Å². The van der Waals surface area contributed by atoms with Crippen LogP contribution in [0.25, 0.3) is 0 Å². The first-order valence-electron chi connectivity index (χ1n) is 3.93. The van der Waals surface area contributed by atoms with Crippen LogP contribution in [0.5, 0.6) is 0 Å². The van der Waals surface area contributed by atoms with Crippen molar-refractivity contribution in [1.82, 2.24) is 0 Å². The summed E-state index contributed by atoms with van der Waals surface area (Å²) < 4.78 is 27.5. The van der Waals surface area contributed by atoms with Gasteiger partial charge in [0.2, 0.25) is 0 Å². The highest BCUT2D eigenvalue weighted by Gasteiger charge is 2.16. The summed E-state index contributed by atoms with van der Waals surface area (Å²) in [6.07, 6.45) is 0.195. The molecule has 1 unspecified atom stereocenters. The summed E-state index contributed by atoms with van der Waals surface area (Å²) >= 11 is 0. The molecule has 0 bridgehead atoms. The van der Waals surface area contributed by atoms with E-state index in [1.165, 1.54) is 18.2 Å². The summed E-state index contributed by atoms with van der Waals surface area (Å²) in [7, 11) is -3.77. The molecule has 1 atom stereocenters. The number of rotatable bonds is 4. The van der Waals surface area contributed by atoms with Crippen LogP contribution in [0, 0.1) is 0 Å². The van der Waals surface area contributed by atoms with E-state index in [1.54, 1.807) is 18.2 Å². The lowest BCUT2D eigenvalue weighted by atomic mass is 10.4. The second kappa shape index (κ2) is 4.36. The lowest BCUT2D eigenvalue weighted by Crippen LogP contribution is -2.24. The van der Waals surface area contributed by atoms with Crippen molar-refractivity contribution in [2.75, 3.05) is 0 Å². The molecule has 0 aliphatic rings. The zero-order chi connectivity index (χ0) is 10.6. The molecule has 1 aromatic carbocycles. The fourth-order valence-electron chi connectivity index (χ4n) is 0.828. The van der Waals surface area contributed by atoms with Crippen molar-refractivity contribution in [3.05, 3.63) is 43.0 Å². The summed E-state index contributed by atoms with van der Waals surface area (Å²) in [5.74, 6) is 0. The van der Waals surface area contributed by atoms with E-state index in [1.807, 2.05) is 0 Å². The van der Waals surface area contributed by atoms with Crippen molar-refractivity contribution in [3.8, 4) is 0 Å². The van der Waals surface area contributed by atoms with Crippen LogP contribution in [0.1, 0.15) is 0 Å². The van der Waals surface area contributed by atoms with Gasteiger partial charge in [0.1, 0.15) is 6.23 Å². The third-order valence-corrected chi connectivity index (χ3v) is 2.83. The molecule has 0 spiro atoms. The lowest BCUT2D eigenvalue weighted by Gasteiger charge is -2.08. The molecular formula is C9H11NO3S. The Bertz CT molecular complexity index is 399. The fraction of sp³-hybridized carbons (Fsp3) is 0.111. The van der Waals surface area contributed by atoms with Crippen LogP contribution in [-0.2, 0) is 14.3 Å². The van der Waals surface area contributed by atoms with Crippen molar-refractivity contribution in [2.45, 2.75) is 11.1 Å². The van der Waals surface area contributed by atoms with Crippen molar-refractivity contribution < 1.29 is 12.6 Å². The van der Waals surface area contributed by atoms with Gasteiger partial charge in [-0.2, -0.15) is 8.42 Å². The summed E-state index contributed by atoms with van der Waals surface area (Å²) in [5.41, 5.74) is 5.28. The van der Waals surface area contributed by atoms with E-state index in [0.29, 0.717) is 0 Å². The highest BCUT2D eigenvalue weighted by molar-refractivity contribution is 7.86. The van der Waals surface area contributed by atoms with Gasteiger partial charge in [0.25, 0.3) is 10.1 Å². The molecule has 5 heteroatoms. The van der Waals surface area contributed by atoms with E-state index in [2.05, 4.69) is 10.8 Å². The molecule has 4 nitrogen and oxygen atoms in total. The van der Waals surface area contributed by atoms with Crippen molar-refractivity contribution >= 4 is 10.1 Å². The number of hydrogen-bond acceptors (Lipinski definition) is 4. The lowest BCUT2D eigenvalue weighted by molar-refractivity contribution is 0.264. The normalized spacial score (nSPS) is 13.5. The Kier molecular flexibility index (Phi) is 3.40. The van der Waals surface area contributed by atoms with Crippen molar-refractivity contribution in [3.63, 3.8) is 0 Å². The Morgan fingerprint density at radius 1 is 1.36 bits per heavy atom. The maximum Gasteiger partial charge on any atom is 0.298 e. The first-order chi connectivity index (χ1) is 6.56. The SMILES string of the molecule is C=CC(N)OS(=O)(=O)c1ccccc1. The van der Waals surface area contributed by atoms with Crippen LogP contribution < -0.4 is 5.73 Å². The Morgan fingerprint density at radius 2 is 1.93 bits per heavy atom. The van der Waals surface area contributed by atoms with E-state index in [0.717, 1.165) is 0 Å². The molecule has 0 aromatic heterocycles. The van der Waals surface area contributed by atoms with Gasteiger partial charge in [-0.05, 0) is 18.2 Å². The van der Waals surface area contributed by atoms with Gasteiger partial charge in [-0.3, -0.25) is 0 Å². The minimum Gasteiger partial charge on any atom is -0.302 e. The molecule has 0 amide bonds.